The van der Waals surface area contributed by atoms with Crippen LogP contribution in [-0.4, -0.2) is 56.1 Å². The molecule has 0 aliphatic carbocycles. The fourth-order valence-electron chi connectivity index (χ4n) is 2.05. The van der Waals surface area contributed by atoms with Crippen molar-refractivity contribution in [3.05, 3.63) is 30.3 Å². The van der Waals surface area contributed by atoms with E-state index in [2.05, 4.69) is 15.6 Å². The topological polar surface area (TPSA) is 66.0 Å². The van der Waals surface area contributed by atoms with E-state index in [1.54, 1.807) is 0 Å². The highest BCUT2D eigenvalue weighted by Gasteiger charge is 2.07. The summed E-state index contributed by atoms with van der Waals surface area (Å²) in [7, 11) is 1.96. The zero-order chi connectivity index (χ0) is 17.8. The number of para-hydroxylation sites is 1. The molecule has 0 fully saturated rings. The molecular weight excluding hydrogens is 304 g/mol. The van der Waals surface area contributed by atoms with Crippen LogP contribution >= 0.6 is 0 Å². The molecule has 0 aromatic heterocycles. The zero-order valence-electron chi connectivity index (χ0n) is 15.2. The van der Waals surface area contributed by atoms with Gasteiger partial charge < -0.3 is 20.3 Å². The maximum Gasteiger partial charge on any atom is 0.222 e. The Labute approximate surface area is 145 Å². The number of ether oxygens (including phenoxy) is 1. The summed E-state index contributed by atoms with van der Waals surface area (Å²) in [5, 5.41) is 6.10. The smallest absolute Gasteiger partial charge is 0.222 e. The number of aliphatic imine (C=N–C) groups is 1. The minimum Gasteiger partial charge on any atom is -0.492 e. The number of hydrogen-bond donors (Lipinski definition) is 2. The first kappa shape index (κ1) is 19.8. The third-order valence-corrected chi connectivity index (χ3v) is 3.19. The van der Waals surface area contributed by atoms with Crippen LogP contribution in [0.3, 0.4) is 0 Å². The van der Waals surface area contributed by atoms with Crippen LogP contribution < -0.4 is 15.4 Å². The number of nitrogens with zero attached hydrogens (tertiary/aromatic N) is 2. The molecule has 6 heteroatoms. The van der Waals surface area contributed by atoms with E-state index in [1.807, 2.05) is 63.1 Å². The average molecular weight is 334 g/mol. The number of carbonyl (C=O) groups excluding carboxylic acids is 1. The monoisotopic (exact) mass is 334 g/mol. The summed E-state index contributed by atoms with van der Waals surface area (Å²) in [6.45, 7) is 8.44. The van der Waals surface area contributed by atoms with Crippen LogP contribution in [0.25, 0.3) is 0 Å². The van der Waals surface area contributed by atoms with Crippen LogP contribution in [0.4, 0.5) is 0 Å². The predicted octanol–water partition coefficient (Wildman–Crippen LogP) is 1.88. The Morgan fingerprint density at radius 1 is 1.29 bits per heavy atom. The highest BCUT2D eigenvalue weighted by atomic mass is 16.5. The van der Waals surface area contributed by atoms with Gasteiger partial charge in [-0.2, -0.15) is 0 Å². The van der Waals surface area contributed by atoms with Crippen molar-refractivity contribution < 1.29 is 9.53 Å². The molecule has 0 heterocycles. The van der Waals surface area contributed by atoms with Crippen LogP contribution in [0.15, 0.2) is 35.3 Å². The van der Waals surface area contributed by atoms with Crippen LogP contribution in [0.2, 0.25) is 0 Å². The Kier molecular flexibility index (Phi) is 9.34. The second-order valence-corrected chi connectivity index (χ2v) is 5.79. The Morgan fingerprint density at radius 3 is 2.62 bits per heavy atom. The van der Waals surface area contributed by atoms with Crippen molar-refractivity contribution in [1.29, 1.82) is 0 Å². The van der Waals surface area contributed by atoms with E-state index in [0.29, 0.717) is 26.1 Å². The van der Waals surface area contributed by atoms with E-state index in [-0.39, 0.29) is 11.9 Å². The van der Waals surface area contributed by atoms with Crippen molar-refractivity contribution in [3.8, 4) is 5.75 Å². The molecule has 2 N–H and O–H groups in total. The third kappa shape index (κ3) is 8.41. The van der Waals surface area contributed by atoms with Crippen molar-refractivity contribution in [3.63, 3.8) is 0 Å². The zero-order valence-corrected chi connectivity index (χ0v) is 15.2. The maximum absolute atomic E-state index is 11.7. The molecule has 0 aliphatic heterocycles. The number of hydrogen-bond acceptors (Lipinski definition) is 3. The van der Waals surface area contributed by atoms with Crippen molar-refractivity contribution in [2.45, 2.75) is 33.2 Å². The Bertz CT molecular complexity index is 503. The van der Waals surface area contributed by atoms with Gasteiger partial charge >= 0.3 is 0 Å². The van der Waals surface area contributed by atoms with E-state index < -0.39 is 0 Å². The SMILES string of the molecule is CCNC(=NCCC(=O)NC(C)C)N(C)CCOc1ccccc1. The minimum atomic E-state index is 0.0275. The molecular formula is C18H30N4O2. The number of likely N-dealkylation sites (N-methyl/N-ethyl adjacent to an activating group) is 1. The molecule has 1 rings (SSSR count). The Hall–Kier alpha value is -2.24. The molecule has 1 aromatic carbocycles. The van der Waals surface area contributed by atoms with E-state index in [4.69, 9.17) is 4.74 Å². The van der Waals surface area contributed by atoms with Gasteiger partial charge in [0, 0.05) is 26.1 Å². The lowest BCUT2D eigenvalue weighted by Crippen LogP contribution is -2.41. The molecule has 0 saturated carbocycles. The maximum atomic E-state index is 11.7. The summed E-state index contributed by atoms with van der Waals surface area (Å²) in [5.41, 5.74) is 0. The van der Waals surface area contributed by atoms with Crippen molar-refractivity contribution in [2.24, 2.45) is 4.99 Å². The molecule has 0 bridgehead atoms. The van der Waals surface area contributed by atoms with Crippen LogP contribution in [-0.2, 0) is 4.79 Å². The van der Waals surface area contributed by atoms with E-state index in [0.717, 1.165) is 18.3 Å². The molecule has 6 nitrogen and oxygen atoms in total. The third-order valence-electron chi connectivity index (χ3n) is 3.19. The van der Waals surface area contributed by atoms with Gasteiger partial charge in [-0.1, -0.05) is 18.2 Å². The Balaban J connectivity index is 2.41. The highest BCUT2D eigenvalue weighted by Crippen LogP contribution is 2.07. The molecule has 24 heavy (non-hydrogen) atoms. The molecule has 0 unspecified atom stereocenters. The molecule has 0 saturated heterocycles. The molecule has 1 aromatic rings. The number of carbonyl (C=O) groups is 1. The number of benzene rings is 1. The summed E-state index contributed by atoms with van der Waals surface area (Å²) >= 11 is 0. The number of guanidine groups is 1. The lowest BCUT2D eigenvalue weighted by Gasteiger charge is -2.22. The normalized spacial score (nSPS) is 11.3. The molecule has 0 atom stereocenters. The van der Waals surface area contributed by atoms with Crippen molar-refractivity contribution in [2.75, 3.05) is 33.3 Å². The molecule has 0 radical (unpaired) electrons. The highest BCUT2D eigenvalue weighted by molar-refractivity contribution is 5.80. The molecule has 0 aliphatic rings. The number of nitrogens with one attached hydrogen (secondary N) is 2. The molecule has 134 valence electrons. The van der Waals surface area contributed by atoms with Gasteiger partial charge in [0.2, 0.25) is 5.91 Å². The van der Waals surface area contributed by atoms with Gasteiger partial charge in [0.1, 0.15) is 12.4 Å². The van der Waals surface area contributed by atoms with E-state index in [9.17, 15) is 4.79 Å². The standard InChI is InChI=1S/C18H30N4O2/c1-5-19-18(20-12-11-17(23)21-15(2)3)22(4)13-14-24-16-9-7-6-8-10-16/h6-10,15H,5,11-14H2,1-4H3,(H,19,20)(H,21,23). The number of amides is 1. The van der Waals surface area contributed by atoms with Crippen molar-refractivity contribution in [1.82, 2.24) is 15.5 Å². The summed E-state index contributed by atoms with van der Waals surface area (Å²) < 4.78 is 5.70. The van der Waals surface area contributed by atoms with Gasteiger partial charge in [-0.3, -0.25) is 9.79 Å². The molecule has 1 amide bonds. The quantitative estimate of drug-likeness (QED) is 0.534. The van der Waals surface area contributed by atoms with Gasteiger partial charge in [0.25, 0.3) is 0 Å². The van der Waals surface area contributed by atoms with Gasteiger partial charge in [-0.05, 0) is 32.9 Å². The van der Waals surface area contributed by atoms with Crippen LogP contribution in [0.1, 0.15) is 27.2 Å². The molecule has 0 spiro atoms. The Morgan fingerprint density at radius 2 is 2.00 bits per heavy atom. The summed E-state index contributed by atoms with van der Waals surface area (Å²) in [6.07, 6.45) is 0.390. The first-order valence-electron chi connectivity index (χ1n) is 8.49. The van der Waals surface area contributed by atoms with Gasteiger partial charge in [-0.15, -0.1) is 0 Å². The van der Waals surface area contributed by atoms with Crippen LogP contribution in [0, 0.1) is 0 Å². The lowest BCUT2D eigenvalue weighted by atomic mass is 10.3. The van der Waals surface area contributed by atoms with E-state index in [1.165, 1.54) is 0 Å². The van der Waals surface area contributed by atoms with Gasteiger partial charge in [-0.25, -0.2) is 0 Å². The average Bonchev–Trinajstić information content (AvgIpc) is 2.54. The first-order valence-corrected chi connectivity index (χ1v) is 8.49. The largest absolute Gasteiger partial charge is 0.492 e. The summed E-state index contributed by atoms with van der Waals surface area (Å²) in [5.74, 6) is 1.67. The lowest BCUT2D eigenvalue weighted by molar-refractivity contribution is -0.121. The summed E-state index contributed by atoms with van der Waals surface area (Å²) in [6, 6.07) is 9.90. The number of rotatable bonds is 9. The van der Waals surface area contributed by atoms with Crippen molar-refractivity contribution >= 4 is 11.9 Å². The first-order chi connectivity index (χ1) is 11.5. The van der Waals surface area contributed by atoms with E-state index >= 15 is 0 Å². The van der Waals surface area contributed by atoms with Gasteiger partial charge in [0.15, 0.2) is 5.96 Å². The fourth-order valence-corrected chi connectivity index (χ4v) is 2.05. The minimum absolute atomic E-state index is 0.0275. The predicted molar refractivity (Wildman–Crippen MR) is 98.4 cm³/mol. The van der Waals surface area contributed by atoms with Crippen LogP contribution in [0.5, 0.6) is 5.75 Å². The second-order valence-electron chi connectivity index (χ2n) is 5.79. The van der Waals surface area contributed by atoms with Gasteiger partial charge in [0.05, 0.1) is 13.1 Å². The second kappa shape index (κ2) is 11.3. The summed E-state index contributed by atoms with van der Waals surface area (Å²) in [4.78, 5) is 18.2. The fraction of sp³-hybridized carbons (Fsp3) is 0.556.